The second-order valence-corrected chi connectivity index (χ2v) is 5.63. The molecule has 3 unspecified atom stereocenters. The summed E-state index contributed by atoms with van der Waals surface area (Å²) in [4.78, 5) is 23.0. The molecule has 2 fully saturated rings. The van der Waals surface area contributed by atoms with Crippen LogP contribution in [-0.2, 0) is 19.0 Å². The molecule has 118 valence electrons. The lowest BCUT2D eigenvalue weighted by Crippen LogP contribution is -2.32. The molecule has 0 saturated carbocycles. The molecule has 1 aromatic rings. The van der Waals surface area contributed by atoms with Gasteiger partial charge in [-0.1, -0.05) is 6.92 Å². The minimum absolute atomic E-state index is 0.00384. The minimum atomic E-state index is -0.438. The molecule has 2 saturated heterocycles. The summed E-state index contributed by atoms with van der Waals surface area (Å²) in [6.45, 7) is 4.36. The maximum Gasteiger partial charge on any atom is 0.338 e. The molecule has 0 bridgehead atoms. The number of benzene rings is 1. The molecule has 0 aliphatic carbocycles. The van der Waals surface area contributed by atoms with E-state index in [0.717, 1.165) is 0 Å². The van der Waals surface area contributed by atoms with E-state index in [0.29, 0.717) is 30.4 Å². The Morgan fingerprint density at radius 1 is 1.09 bits per heavy atom. The molecule has 6 nitrogen and oxygen atoms in total. The van der Waals surface area contributed by atoms with Gasteiger partial charge in [-0.15, -0.1) is 0 Å². The van der Waals surface area contributed by atoms with Crippen LogP contribution in [0.1, 0.15) is 24.2 Å². The molecule has 0 aromatic heterocycles. The monoisotopic (exact) mass is 306 g/mol. The molecule has 0 N–H and O–H groups in total. The Labute approximate surface area is 128 Å². The lowest BCUT2D eigenvalue weighted by Gasteiger charge is -2.16. The summed E-state index contributed by atoms with van der Waals surface area (Å²) in [5.41, 5.74) is 0.394. The van der Waals surface area contributed by atoms with Crippen LogP contribution in [0.25, 0.3) is 0 Å². The van der Waals surface area contributed by atoms with E-state index < -0.39 is 11.9 Å². The van der Waals surface area contributed by atoms with Crippen molar-refractivity contribution >= 4 is 11.9 Å². The first kappa shape index (κ1) is 15.0. The van der Waals surface area contributed by atoms with E-state index in [1.54, 1.807) is 24.3 Å². The Bertz CT molecular complexity index is 567. The number of hydrogen-bond donors (Lipinski definition) is 0. The zero-order valence-corrected chi connectivity index (χ0v) is 12.5. The molecule has 2 aliphatic heterocycles. The zero-order valence-electron chi connectivity index (χ0n) is 12.5. The third kappa shape index (κ3) is 2.98. The van der Waals surface area contributed by atoms with Gasteiger partial charge >= 0.3 is 11.9 Å². The molecular formula is C16H18O6. The fourth-order valence-corrected chi connectivity index (χ4v) is 2.79. The van der Waals surface area contributed by atoms with Crippen LogP contribution in [0.15, 0.2) is 24.3 Å². The van der Waals surface area contributed by atoms with Crippen molar-refractivity contribution in [2.45, 2.75) is 32.2 Å². The highest BCUT2D eigenvalue weighted by Crippen LogP contribution is 2.32. The Balaban J connectivity index is 1.61. The molecule has 3 rings (SSSR count). The number of carbonyl (C=O) groups is 2. The average Bonchev–Trinajstić information content (AvgIpc) is 3.03. The van der Waals surface area contributed by atoms with Crippen molar-refractivity contribution in [3.63, 3.8) is 0 Å². The second kappa shape index (κ2) is 6.06. The van der Waals surface area contributed by atoms with Gasteiger partial charge in [-0.05, 0) is 24.3 Å². The van der Waals surface area contributed by atoms with Crippen molar-refractivity contribution in [3.05, 3.63) is 29.8 Å². The molecule has 0 radical (unpaired) electrons. The third-order valence-corrected chi connectivity index (χ3v) is 3.87. The highest BCUT2D eigenvalue weighted by Gasteiger charge is 2.47. The summed E-state index contributed by atoms with van der Waals surface area (Å²) < 4.78 is 21.7. The van der Waals surface area contributed by atoms with Gasteiger partial charge in [0.15, 0.2) is 6.10 Å². The highest BCUT2D eigenvalue weighted by molar-refractivity contribution is 5.89. The van der Waals surface area contributed by atoms with Crippen LogP contribution in [0.4, 0.5) is 0 Å². The fraction of sp³-hybridized carbons (Fsp3) is 0.500. The zero-order chi connectivity index (χ0) is 15.7. The van der Waals surface area contributed by atoms with Gasteiger partial charge in [0.05, 0.1) is 24.9 Å². The van der Waals surface area contributed by atoms with Crippen LogP contribution >= 0.6 is 0 Å². The Kier molecular flexibility index (Phi) is 4.13. The molecule has 0 amide bonds. The minimum Gasteiger partial charge on any atom is -0.453 e. The molecule has 2 heterocycles. The van der Waals surface area contributed by atoms with E-state index in [4.69, 9.17) is 18.9 Å². The summed E-state index contributed by atoms with van der Waals surface area (Å²) in [7, 11) is 0. The second-order valence-electron chi connectivity index (χ2n) is 5.63. The van der Waals surface area contributed by atoms with Crippen molar-refractivity contribution in [1.29, 1.82) is 0 Å². The van der Waals surface area contributed by atoms with Crippen LogP contribution in [0.3, 0.4) is 0 Å². The van der Waals surface area contributed by atoms with Gasteiger partial charge in [0.25, 0.3) is 0 Å². The predicted molar refractivity (Wildman–Crippen MR) is 75.6 cm³/mol. The predicted octanol–water partition coefficient (Wildman–Crippen LogP) is 1.57. The number of esters is 2. The standard InChI is InChI=1S/C16H18O6/c1-9-7-19-15-13(8-20-14(9)15)22-16(18)11-3-5-12(6-4-11)21-10(2)17/h3-6,9,13-15H,7-8H2,1-2H3/t9-,13?,14?,15?/m1/s1. The largest absolute Gasteiger partial charge is 0.453 e. The number of carbonyl (C=O) groups excluding carboxylic acids is 2. The smallest absolute Gasteiger partial charge is 0.338 e. The lowest BCUT2D eigenvalue weighted by atomic mass is 10.0. The quantitative estimate of drug-likeness (QED) is 0.623. The van der Waals surface area contributed by atoms with Crippen LogP contribution in [-0.4, -0.2) is 43.5 Å². The molecule has 0 spiro atoms. The van der Waals surface area contributed by atoms with Gasteiger partial charge in [0.1, 0.15) is 11.9 Å². The van der Waals surface area contributed by atoms with E-state index in [9.17, 15) is 9.59 Å². The van der Waals surface area contributed by atoms with Gasteiger partial charge in [-0.2, -0.15) is 0 Å². The van der Waals surface area contributed by atoms with Crippen LogP contribution in [0, 0.1) is 5.92 Å². The van der Waals surface area contributed by atoms with Crippen molar-refractivity contribution in [1.82, 2.24) is 0 Å². The van der Waals surface area contributed by atoms with E-state index in [1.807, 2.05) is 0 Å². The summed E-state index contributed by atoms with van der Waals surface area (Å²) in [5, 5.41) is 0. The SMILES string of the molecule is CC(=O)Oc1ccc(C(=O)OC2COC3C2OC[C@H]3C)cc1. The Morgan fingerprint density at radius 3 is 2.45 bits per heavy atom. The van der Waals surface area contributed by atoms with Gasteiger partial charge < -0.3 is 18.9 Å². The third-order valence-electron chi connectivity index (χ3n) is 3.87. The van der Waals surface area contributed by atoms with Crippen molar-refractivity contribution in [2.24, 2.45) is 5.92 Å². The first-order chi connectivity index (χ1) is 10.5. The summed E-state index contributed by atoms with van der Waals surface area (Å²) in [5.74, 6) is -0.137. The van der Waals surface area contributed by atoms with Gasteiger partial charge in [0, 0.05) is 12.8 Å². The maximum absolute atomic E-state index is 12.2. The normalized spacial score (nSPS) is 29.9. The van der Waals surface area contributed by atoms with Crippen molar-refractivity contribution < 1.29 is 28.5 Å². The highest BCUT2D eigenvalue weighted by atomic mass is 16.6. The Morgan fingerprint density at radius 2 is 1.77 bits per heavy atom. The molecular weight excluding hydrogens is 288 g/mol. The maximum atomic E-state index is 12.2. The lowest BCUT2D eigenvalue weighted by molar-refractivity contribution is -0.131. The average molecular weight is 306 g/mol. The van der Waals surface area contributed by atoms with E-state index >= 15 is 0 Å². The number of fused-ring (bicyclic) bond motifs is 1. The van der Waals surface area contributed by atoms with E-state index in [1.165, 1.54) is 6.92 Å². The first-order valence-electron chi connectivity index (χ1n) is 7.27. The van der Waals surface area contributed by atoms with Gasteiger partial charge in [-0.3, -0.25) is 4.79 Å². The fourth-order valence-electron chi connectivity index (χ4n) is 2.79. The molecule has 6 heteroatoms. The summed E-state index contributed by atoms with van der Waals surface area (Å²) >= 11 is 0. The molecule has 2 aliphatic rings. The van der Waals surface area contributed by atoms with Crippen LogP contribution in [0.2, 0.25) is 0 Å². The molecule has 22 heavy (non-hydrogen) atoms. The van der Waals surface area contributed by atoms with Gasteiger partial charge in [0.2, 0.25) is 0 Å². The number of hydrogen-bond acceptors (Lipinski definition) is 6. The van der Waals surface area contributed by atoms with E-state index in [-0.39, 0.29) is 18.3 Å². The number of rotatable bonds is 3. The molecule has 1 aromatic carbocycles. The van der Waals surface area contributed by atoms with Crippen molar-refractivity contribution in [3.8, 4) is 5.75 Å². The van der Waals surface area contributed by atoms with Crippen molar-refractivity contribution in [2.75, 3.05) is 13.2 Å². The van der Waals surface area contributed by atoms with Gasteiger partial charge in [-0.25, -0.2) is 4.79 Å². The van der Waals surface area contributed by atoms with Crippen LogP contribution < -0.4 is 4.74 Å². The number of ether oxygens (including phenoxy) is 4. The summed E-state index contributed by atoms with van der Waals surface area (Å²) in [6, 6.07) is 6.23. The van der Waals surface area contributed by atoms with Crippen LogP contribution in [0.5, 0.6) is 5.75 Å². The van der Waals surface area contributed by atoms with E-state index in [2.05, 4.69) is 6.92 Å². The topological polar surface area (TPSA) is 71.1 Å². The Hall–Kier alpha value is -1.92. The first-order valence-corrected chi connectivity index (χ1v) is 7.27. The molecule has 4 atom stereocenters. The summed E-state index contributed by atoms with van der Waals surface area (Å²) in [6.07, 6.45) is -0.556.